The van der Waals surface area contributed by atoms with Crippen molar-refractivity contribution in [2.45, 2.75) is 0 Å². The van der Waals surface area contributed by atoms with Crippen molar-refractivity contribution in [1.29, 1.82) is 0 Å². The molecule has 0 aliphatic carbocycles. The van der Waals surface area contributed by atoms with Crippen molar-refractivity contribution >= 4 is 12.6 Å². The number of aldehydes is 2. The number of quaternary nitrogens is 2. The number of nitrogens with zero attached hydrogens (tertiary/aromatic N) is 2. The molecule has 0 saturated heterocycles. The Bertz CT molecular complexity index is 493. The first-order valence-electron chi connectivity index (χ1n) is 7.00. The van der Waals surface area contributed by atoms with E-state index in [1.54, 1.807) is 12.1 Å². The summed E-state index contributed by atoms with van der Waals surface area (Å²) in [4.78, 5) is 22.5. The summed E-state index contributed by atoms with van der Waals surface area (Å²) in [6, 6.07) is 3.11. The maximum absolute atomic E-state index is 11.3. The molecule has 0 fully saturated rings. The van der Waals surface area contributed by atoms with Crippen molar-refractivity contribution in [3.63, 3.8) is 0 Å². The molecule has 0 amide bonds. The molecule has 1 aromatic rings. The Morgan fingerprint density at radius 2 is 1.09 bits per heavy atom. The number of hydrogen-bond acceptors (Lipinski definition) is 4. The van der Waals surface area contributed by atoms with Gasteiger partial charge in [-0.3, -0.25) is 18.6 Å². The third kappa shape index (κ3) is 5.83. The molecule has 0 heterocycles. The molecule has 0 bridgehead atoms. The summed E-state index contributed by atoms with van der Waals surface area (Å²) in [6.07, 6.45) is 1.41. The minimum atomic E-state index is 0.371. The van der Waals surface area contributed by atoms with E-state index >= 15 is 0 Å². The SMILES string of the molecule is C[N+](C)(C)COc1cc(C=O)c(OC[N+](C)(C)C)cc1C=O. The molecule has 6 nitrogen and oxygen atoms in total. The van der Waals surface area contributed by atoms with Crippen LogP contribution in [0.25, 0.3) is 0 Å². The number of carbonyl (C=O) groups excluding carboxylic acids is 2. The molecule has 1 rings (SSSR count). The van der Waals surface area contributed by atoms with Crippen molar-refractivity contribution in [3.05, 3.63) is 23.3 Å². The number of rotatable bonds is 8. The van der Waals surface area contributed by atoms with Crippen LogP contribution in [0.5, 0.6) is 11.5 Å². The number of ether oxygens (including phenoxy) is 2. The molecule has 0 aliphatic rings. The second-order valence-corrected chi connectivity index (χ2v) is 7.29. The fraction of sp³-hybridized carbons (Fsp3) is 0.500. The Hall–Kier alpha value is -1.92. The maximum atomic E-state index is 11.3. The molecule has 22 heavy (non-hydrogen) atoms. The van der Waals surface area contributed by atoms with Crippen molar-refractivity contribution in [1.82, 2.24) is 0 Å². The summed E-state index contributed by atoms with van der Waals surface area (Å²) in [5.74, 6) is 0.783. The first-order valence-corrected chi connectivity index (χ1v) is 7.00. The fourth-order valence-corrected chi connectivity index (χ4v) is 1.55. The van der Waals surface area contributed by atoms with Crippen molar-refractivity contribution in [2.24, 2.45) is 0 Å². The van der Waals surface area contributed by atoms with Gasteiger partial charge in [-0.05, 0) is 12.1 Å². The minimum absolute atomic E-state index is 0.371. The lowest BCUT2D eigenvalue weighted by Gasteiger charge is -2.25. The molecule has 0 N–H and O–H groups in total. The van der Waals surface area contributed by atoms with Crippen LogP contribution in [-0.2, 0) is 0 Å². The summed E-state index contributed by atoms with van der Waals surface area (Å²) >= 11 is 0. The van der Waals surface area contributed by atoms with Crippen LogP contribution in [0.4, 0.5) is 0 Å². The second kappa shape index (κ2) is 6.89. The topological polar surface area (TPSA) is 52.6 Å². The lowest BCUT2D eigenvalue weighted by molar-refractivity contribution is -0.886. The van der Waals surface area contributed by atoms with E-state index in [-0.39, 0.29) is 0 Å². The van der Waals surface area contributed by atoms with Gasteiger partial charge >= 0.3 is 0 Å². The Labute approximate surface area is 132 Å². The van der Waals surface area contributed by atoms with Crippen LogP contribution >= 0.6 is 0 Å². The minimum Gasteiger partial charge on any atom is -0.445 e. The zero-order valence-corrected chi connectivity index (χ0v) is 14.3. The van der Waals surface area contributed by atoms with Crippen LogP contribution in [0.3, 0.4) is 0 Å². The molecule has 0 aromatic heterocycles. The first-order chi connectivity index (χ1) is 10.1. The average molecular weight is 310 g/mol. The van der Waals surface area contributed by atoms with E-state index in [1.165, 1.54) is 0 Å². The summed E-state index contributed by atoms with van der Waals surface area (Å²) < 4.78 is 12.5. The van der Waals surface area contributed by atoms with Gasteiger partial charge in [0.15, 0.2) is 12.6 Å². The van der Waals surface area contributed by atoms with Crippen LogP contribution in [-0.4, -0.2) is 77.3 Å². The van der Waals surface area contributed by atoms with Crippen LogP contribution in [0, 0.1) is 0 Å². The predicted molar refractivity (Wildman–Crippen MR) is 84.3 cm³/mol. The van der Waals surface area contributed by atoms with E-state index in [2.05, 4.69) is 0 Å². The van der Waals surface area contributed by atoms with E-state index in [0.717, 1.165) is 0 Å². The van der Waals surface area contributed by atoms with Gasteiger partial charge in [0, 0.05) is 0 Å². The van der Waals surface area contributed by atoms with Gasteiger partial charge in [0.05, 0.1) is 53.4 Å². The van der Waals surface area contributed by atoms with Gasteiger partial charge in [-0.2, -0.15) is 0 Å². The van der Waals surface area contributed by atoms with Gasteiger partial charge in [0.25, 0.3) is 0 Å². The number of carbonyl (C=O) groups is 2. The van der Waals surface area contributed by atoms with Gasteiger partial charge in [0.2, 0.25) is 13.5 Å². The summed E-state index contributed by atoms with van der Waals surface area (Å²) in [5, 5.41) is 0. The summed E-state index contributed by atoms with van der Waals surface area (Å²) in [6.45, 7) is 0.774. The van der Waals surface area contributed by atoms with Gasteiger partial charge in [-0.15, -0.1) is 0 Å². The quantitative estimate of drug-likeness (QED) is 0.414. The van der Waals surface area contributed by atoms with Crippen LogP contribution in [0.15, 0.2) is 12.1 Å². The Balaban J connectivity index is 3.06. The average Bonchev–Trinajstić information content (AvgIpc) is 2.40. The zero-order valence-electron chi connectivity index (χ0n) is 14.3. The third-order valence-electron chi connectivity index (χ3n) is 2.61. The van der Waals surface area contributed by atoms with Gasteiger partial charge in [-0.1, -0.05) is 0 Å². The summed E-state index contributed by atoms with van der Waals surface area (Å²) in [5.41, 5.74) is 0.742. The van der Waals surface area contributed by atoms with E-state index in [1.807, 2.05) is 42.3 Å². The third-order valence-corrected chi connectivity index (χ3v) is 2.61. The highest BCUT2D eigenvalue weighted by molar-refractivity contribution is 5.87. The Morgan fingerprint density at radius 1 is 0.773 bits per heavy atom. The summed E-state index contributed by atoms with van der Waals surface area (Å²) in [7, 11) is 11.8. The maximum Gasteiger partial charge on any atom is 0.223 e. The number of hydrogen-bond donors (Lipinski definition) is 0. The molecular formula is C16H26N2O4+2. The monoisotopic (exact) mass is 310 g/mol. The van der Waals surface area contributed by atoms with Crippen molar-refractivity contribution in [2.75, 3.05) is 55.7 Å². The lowest BCUT2D eigenvalue weighted by atomic mass is 10.1. The van der Waals surface area contributed by atoms with Crippen LogP contribution < -0.4 is 9.47 Å². The highest BCUT2D eigenvalue weighted by atomic mass is 16.5. The highest BCUT2D eigenvalue weighted by Gasteiger charge is 2.16. The van der Waals surface area contributed by atoms with E-state index in [4.69, 9.17) is 9.47 Å². The molecule has 0 radical (unpaired) electrons. The Kier molecular flexibility index (Phi) is 5.68. The van der Waals surface area contributed by atoms with Gasteiger partial charge in [0.1, 0.15) is 11.5 Å². The smallest absolute Gasteiger partial charge is 0.223 e. The standard InChI is InChI=1S/C16H26N2O4/c1-17(2,3)11-21-15-7-14(10-20)16(8-13(15)9-19)22-12-18(4,5)6/h7-10H,11-12H2,1-6H3/q+2. The number of benzene rings is 1. The predicted octanol–water partition coefficient (Wildman–Crippen LogP) is 1.40. The molecule has 0 saturated carbocycles. The molecule has 6 heteroatoms. The highest BCUT2D eigenvalue weighted by Crippen LogP contribution is 2.27. The Morgan fingerprint density at radius 3 is 1.32 bits per heavy atom. The van der Waals surface area contributed by atoms with Crippen molar-refractivity contribution in [3.8, 4) is 11.5 Å². The van der Waals surface area contributed by atoms with Crippen LogP contribution in [0.2, 0.25) is 0 Å². The zero-order chi connectivity index (χ0) is 17.0. The fourth-order valence-electron chi connectivity index (χ4n) is 1.55. The molecule has 0 aliphatic heterocycles. The lowest BCUT2D eigenvalue weighted by Crippen LogP contribution is -2.38. The second-order valence-electron chi connectivity index (χ2n) is 7.29. The normalized spacial score (nSPS) is 11.9. The molecule has 0 atom stereocenters. The van der Waals surface area contributed by atoms with E-state index in [0.29, 0.717) is 57.6 Å². The van der Waals surface area contributed by atoms with E-state index < -0.39 is 0 Å². The molecular weight excluding hydrogens is 284 g/mol. The molecule has 0 spiro atoms. The van der Waals surface area contributed by atoms with Crippen LogP contribution in [0.1, 0.15) is 20.7 Å². The van der Waals surface area contributed by atoms with E-state index in [9.17, 15) is 9.59 Å². The van der Waals surface area contributed by atoms with Gasteiger partial charge in [-0.25, -0.2) is 0 Å². The van der Waals surface area contributed by atoms with Crippen molar-refractivity contribution < 1.29 is 28.0 Å². The molecule has 0 unspecified atom stereocenters. The van der Waals surface area contributed by atoms with Gasteiger partial charge < -0.3 is 9.47 Å². The molecule has 1 aromatic carbocycles. The first kappa shape index (κ1) is 18.1. The largest absolute Gasteiger partial charge is 0.445 e. The molecule has 122 valence electrons.